The second kappa shape index (κ2) is 7.43. The Bertz CT molecular complexity index is 1020. The zero-order valence-corrected chi connectivity index (χ0v) is 15.9. The molecule has 1 fully saturated rings. The van der Waals surface area contributed by atoms with Gasteiger partial charge in [-0.15, -0.1) is 0 Å². The SMILES string of the molecule is Nc1ncnc2c1ncn2[C@@H]1O[C@@H](C[C@@H](O)c2ccc(Cl)c(Cl)c2)[C@@H](O)[C@H]1O. The van der Waals surface area contributed by atoms with E-state index in [2.05, 4.69) is 15.0 Å². The Hall–Kier alpha value is -2.01. The lowest BCUT2D eigenvalue weighted by molar-refractivity contribution is -0.0492. The number of benzene rings is 1. The average molecular weight is 426 g/mol. The van der Waals surface area contributed by atoms with E-state index in [-0.39, 0.29) is 12.2 Å². The van der Waals surface area contributed by atoms with Crippen LogP contribution in [-0.2, 0) is 4.74 Å². The first kappa shape index (κ1) is 19.3. The van der Waals surface area contributed by atoms with Crippen LogP contribution in [0.4, 0.5) is 5.82 Å². The van der Waals surface area contributed by atoms with Gasteiger partial charge in [-0.2, -0.15) is 0 Å². The molecule has 4 rings (SSSR count). The first-order valence-electron chi connectivity index (χ1n) is 8.44. The van der Waals surface area contributed by atoms with Crippen LogP contribution in [0.5, 0.6) is 0 Å². The van der Waals surface area contributed by atoms with Gasteiger partial charge in [0.1, 0.15) is 24.1 Å². The van der Waals surface area contributed by atoms with Gasteiger partial charge in [0.05, 0.1) is 28.6 Å². The summed E-state index contributed by atoms with van der Waals surface area (Å²) in [5.41, 5.74) is 7.04. The second-order valence-electron chi connectivity index (χ2n) is 6.55. The van der Waals surface area contributed by atoms with Crippen LogP contribution in [0.15, 0.2) is 30.9 Å². The lowest BCUT2D eigenvalue weighted by Crippen LogP contribution is -2.32. The number of hydrogen-bond acceptors (Lipinski definition) is 8. The highest BCUT2D eigenvalue weighted by Gasteiger charge is 2.45. The van der Waals surface area contributed by atoms with Crippen molar-refractivity contribution < 1.29 is 20.1 Å². The summed E-state index contributed by atoms with van der Waals surface area (Å²) in [4.78, 5) is 12.1. The highest BCUT2D eigenvalue weighted by Crippen LogP contribution is 2.36. The molecular formula is C17H17Cl2N5O4. The predicted octanol–water partition coefficient (Wildman–Crippen LogP) is 1.46. The Morgan fingerprint density at radius 3 is 2.68 bits per heavy atom. The summed E-state index contributed by atoms with van der Waals surface area (Å²) < 4.78 is 7.31. The van der Waals surface area contributed by atoms with Crippen molar-refractivity contribution in [3.05, 3.63) is 46.5 Å². The number of aliphatic hydroxyl groups excluding tert-OH is 3. The van der Waals surface area contributed by atoms with Crippen molar-refractivity contribution in [1.82, 2.24) is 19.5 Å². The maximum Gasteiger partial charge on any atom is 0.167 e. The van der Waals surface area contributed by atoms with Crippen molar-refractivity contribution in [2.45, 2.75) is 37.1 Å². The van der Waals surface area contributed by atoms with Crippen molar-refractivity contribution in [2.75, 3.05) is 5.73 Å². The highest BCUT2D eigenvalue weighted by atomic mass is 35.5. The first-order valence-corrected chi connectivity index (χ1v) is 9.20. The van der Waals surface area contributed by atoms with E-state index in [1.54, 1.807) is 18.2 Å². The third-order valence-corrected chi connectivity index (χ3v) is 5.52. The topological polar surface area (TPSA) is 140 Å². The van der Waals surface area contributed by atoms with Gasteiger partial charge in [0, 0.05) is 6.42 Å². The second-order valence-corrected chi connectivity index (χ2v) is 7.37. The predicted molar refractivity (Wildman–Crippen MR) is 102 cm³/mol. The Morgan fingerprint density at radius 2 is 1.93 bits per heavy atom. The lowest BCUT2D eigenvalue weighted by Gasteiger charge is -2.19. The number of aliphatic hydroxyl groups is 3. The number of halogens is 2. The third-order valence-electron chi connectivity index (χ3n) is 4.78. The van der Waals surface area contributed by atoms with E-state index in [0.717, 1.165) is 0 Å². The largest absolute Gasteiger partial charge is 0.388 e. The van der Waals surface area contributed by atoms with Gasteiger partial charge in [-0.25, -0.2) is 15.0 Å². The number of nitrogens with zero attached hydrogens (tertiary/aromatic N) is 4. The van der Waals surface area contributed by atoms with Gasteiger partial charge >= 0.3 is 0 Å². The van der Waals surface area contributed by atoms with Crippen LogP contribution in [-0.4, -0.2) is 53.2 Å². The van der Waals surface area contributed by atoms with Crippen molar-refractivity contribution in [1.29, 1.82) is 0 Å². The maximum absolute atomic E-state index is 10.5. The molecule has 0 unspecified atom stereocenters. The normalized spacial score (nSPS) is 26.0. The van der Waals surface area contributed by atoms with E-state index in [0.29, 0.717) is 26.8 Å². The Kier molecular flexibility index (Phi) is 5.13. The van der Waals surface area contributed by atoms with Crippen LogP contribution in [0.25, 0.3) is 11.2 Å². The number of fused-ring (bicyclic) bond motifs is 1. The zero-order chi connectivity index (χ0) is 20.0. The Morgan fingerprint density at radius 1 is 1.14 bits per heavy atom. The number of hydrogen-bond donors (Lipinski definition) is 4. The number of imidazole rings is 1. The van der Waals surface area contributed by atoms with Crippen molar-refractivity contribution in [3.63, 3.8) is 0 Å². The van der Waals surface area contributed by atoms with E-state index in [1.807, 2.05) is 0 Å². The quantitative estimate of drug-likeness (QED) is 0.492. The van der Waals surface area contributed by atoms with Crippen LogP contribution in [0.2, 0.25) is 10.0 Å². The number of aromatic nitrogens is 4. The zero-order valence-electron chi connectivity index (χ0n) is 14.4. The van der Waals surface area contributed by atoms with E-state index >= 15 is 0 Å². The molecule has 3 aromatic rings. The molecule has 1 aromatic carbocycles. The molecule has 0 amide bonds. The summed E-state index contributed by atoms with van der Waals surface area (Å²) in [6.07, 6.45) is -2.50. The molecule has 5 atom stereocenters. The van der Waals surface area contributed by atoms with Gasteiger partial charge in [0.2, 0.25) is 0 Å². The maximum atomic E-state index is 10.5. The fraction of sp³-hybridized carbons (Fsp3) is 0.353. The number of rotatable bonds is 4. The molecule has 0 aliphatic carbocycles. The minimum absolute atomic E-state index is 0.0381. The molecule has 148 valence electrons. The van der Waals surface area contributed by atoms with Crippen LogP contribution < -0.4 is 5.73 Å². The standard InChI is InChI=1S/C17H17Cl2N5O4/c18-8-2-1-7(3-9(8)19)10(25)4-11-13(26)14(27)17(28-11)24-6-23-12-15(20)21-5-22-16(12)24/h1-3,5-6,10-11,13-14,17,25-27H,4H2,(H2,20,21,22)/t10-,11+,13-,14-,17-/m1/s1. The van der Waals surface area contributed by atoms with E-state index in [4.69, 9.17) is 33.7 Å². The summed E-state index contributed by atoms with van der Waals surface area (Å²) in [6, 6.07) is 4.76. The minimum atomic E-state index is -1.25. The average Bonchev–Trinajstić information content (AvgIpc) is 3.21. The molecule has 3 heterocycles. The van der Waals surface area contributed by atoms with Gasteiger partial charge in [-0.1, -0.05) is 29.3 Å². The molecule has 9 nitrogen and oxygen atoms in total. The molecule has 1 saturated heterocycles. The Balaban J connectivity index is 1.55. The summed E-state index contributed by atoms with van der Waals surface area (Å²) in [6.45, 7) is 0. The first-order chi connectivity index (χ1) is 13.4. The van der Waals surface area contributed by atoms with Gasteiger partial charge in [-0.05, 0) is 17.7 Å². The fourth-order valence-electron chi connectivity index (χ4n) is 3.29. The van der Waals surface area contributed by atoms with Crippen LogP contribution in [0.3, 0.4) is 0 Å². The van der Waals surface area contributed by atoms with Crippen LogP contribution in [0.1, 0.15) is 24.3 Å². The number of nitrogens with two attached hydrogens (primary N) is 1. The molecule has 11 heteroatoms. The molecule has 0 bridgehead atoms. The highest BCUT2D eigenvalue weighted by molar-refractivity contribution is 6.42. The lowest BCUT2D eigenvalue weighted by atomic mass is 9.99. The molecule has 0 spiro atoms. The third kappa shape index (κ3) is 3.30. The van der Waals surface area contributed by atoms with Crippen molar-refractivity contribution in [3.8, 4) is 0 Å². The smallest absolute Gasteiger partial charge is 0.167 e. The van der Waals surface area contributed by atoms with E-state index in [9.17, 15) is 15.3 Å². The van der Waals surface area contributed by atoms with E-state index in [1.165, 1.54) is 17.2 Å². The molecule has 1 aliphatic heterocycles. The number of ether oxygens (including phenoxy) is 1. The van der Waals surface area contributed by atoms with Gasteiger partial charge in [0.15, 0.2) is 17.7 Å². The summed E-state index contributed by atoms with van der Waals surface area (Å²) in [7, 11) is 0. The molecule has 0 radical (unpaired) electrons. The van der Waals surface area contributed by atoms with Crippen LogP contribution in [0, 0.1) is 0 Å². The molecule has 5 N–H and O–H groups in total. The van der Waals surface area contributed by atoms with Gasteiger partial charge in [0.25, 0.3) is 0 Å². The van der Waals surface area contributed by atoms with E-state index < -0.39 is 30.6 Å². The van der Waals surface area contributed by atoms with Crippen molar-refractivity contribution >= 4 is 40.2 Å². The fourth-order valence-corrected chi connectivity index (χ4v) is 3.59. The molecule has 0 saturated carbocycles. The minimum Gasteiger partial charge on any atom is -0.388 e. The Labute approximate surface area is 169 Å². The molecular weight excluding hydrogens is 409 g/mol. The summed E-state index contributed by atoms with van der Waals surface area (Å²) >= 11 is 11.9. The number of nitrogen functional groups attached to an aromatic ring is 1. The molecule has 2 aromatic heterocycles. The monoisotopic (exact) mass is 425 g/mol. The number of anilines is 1. The van der Waals surface area contributed by atoms with Gasteiger partial charge in [-0.3, -0.25) is 4.57 Å². The van der Waals surface area contributed by atoms with Crippen LogP contribution >= 0.6 is 23.2 Å². The van der Waals surface area contributed by atoms with Gasteiger partial charge < -0.3 is 25.8 Å². The summed E-state index contributed by atoms with van der Waals surface area (Å²) in [5.74, 6) is 0.198. The molecule has 28 heavy (non-hydrogen) atoms. The van der Waals surface area contributed by atoms with Crippen molar-refractivity contribution in [2.24, 2.45) is 0 Å². The summed E-state index contributed by atoms with van der Waals surface area (Å²) in [5, 5.41) is 32.1. The molecule has 1 aliphatic rings.